The van der Waals surface area contributed by atoms with E-state index in [1.807, 2.05) is 54.6 Å². The highest BCUT2D eigenvalue weighted by Gasteiger charge is 2.35. The number of thioether (sulfide) groups is 1. The van der Waals surface area contributed by atoms with E-state index in [-0.39, 0.29) is 29.9 Å². The summed E-state index contributed by atoms with van der Waals surface area (Å²) in [6.45, 7) is 0.484. The van der Waals surface area contributed by atoms with Gasteiger partial charge >= 0.3 is 5.97 Å². The molecule has 184 valence electrons. The van der Waals surface area contributed by atoms with Gasteiger partial charge in [-0.25, -0.2) is 4.79 Å². The Labute approximate surface area is 225 Å². The largest absolute Gasteiger partial charge is 0.488 e. The van der Waals surface area contributed by atoms with E-state index in [9.17, 15) is 14.4 Å². The molecule has 4 aromatic carbocycles. The van der Waals surface area contributed by atoms with Gasteiger partial charge in [-0.1, -0.05) is 60.7 Å². The number of halogens is 1. The molecule has 1 fully saturated rings. The number of amides is 2. The van der Waals surface area contributed by atoms with Crippen molar-refractivity contribution in [3.63, 3.8) is 0 Å². The lowest BCUT2D eigenvalue weighted by atomic mass is 10.0. The van der Waals surface area contributed by atoms with Crippen molar-refractivity contribution in [3.8, 4) is 5.75 Å². The summed E-state index contributed by atoms with van der Waals surface area (Å²) in [6.07, 6.45) is 1.70. The van der Waals surface area contributed by atoms with Crippen LogP contribution < -0.4 is 4.74 Å². The summed E-state index contributed by atoms with van der Waals surface area (Å²) < 4.78 is 6.55. The first kappa shape index (κ1) is 24.8. The molecular weight excluding hydrogens is 554 g/mol. The van der Waals surface area contributed by atoms with Gasteiger partial charge in [-0.3, -0.25) is 14.5 Å². The summed E-state index contributed by atoms with van der Waals surface area (Å²) in [4.78, 5) is 38.4. The van der Waals surface area contributed by atoms with Crippen LogP contribution in [0.1, 0.15) is 27.0 Å². The predicted octanol–water partition coefficient (Wildman–Crippen LogP) is 7.12. The number of ether oxygens (including phenoxy) is 1. The number of nitrogens with zero attached hydrogens (tertiary/aromatic N) is 1. The molecule has 0 unspecified atom stereocenters. The molecule has 0 spiro atoms. The second-order valence-corrected chi connectivity index (χ2v) is 10.2. The van der Waals surface area contributed by atoms with E-state index in [4.69, 9.17) is 9.84 Å². The van der Waals surface area contributed by atoms with E-state index in [2.05, 4.69) is 15.9 Å². The van der Waals surface area contributed by atoms with E-state index in [1.54, 1.807) is 24.3 Å². The van der Waals surface area contributed by atoms with Crippen LogP contribution in [0.5, 0.6) is 5.75 Å². The molecule has 0 aromatic heterocycles. The molecule has 1 N–H and O–H groups in total. The number of benzene rings is 4. The Kier molecular flexibility index (Phi) is 7.12. The smallest absolute Gasteiger partial charge is 0.335 e. The Balaban J connectivity index is 1.28. The van der Waals surface area contributed by atoms with Gasteiger partial charge in [0.1, 0.15) is 12.4 Å². The normalized spacial score (nSPS) is 14.5. The molecule has 0 radical (unpaired) electrons. The number of aromatic carboxylic acids is 1. The number of hydrogen-bond acceptors (Lipinski definition) is 5. The van der Waals surface area contributed by atoms with Crippen LogP contribution in [0, 0.1) is 0 Å². The van der Waals surface area contributed by atoms with Gasteiger partial charge in [-0.15, -0.1) is 0 Å². The zero-order valence-corrected chi connectivity index (χ0v) is 21.8. The summed E-state index contributed by atoms with van der Waals surface area (Å²) in [6, 6.07) is 25.7. The van der Waals surface area contributed by atoms with Crippen LogP contribution in [-0.2, 0) is 17.9 Å². The first-order valence-corrected chi connectivity index (χ1v) is 13.0. The van der Waals surface area contributed by atoms with Crippen LogP contribution in [0.3, 0.4) is 0 Å². The molecule has 1 aliphatic heterocycles. The van der Waals surface area contributed by atoms with E-state index < -0.39 is 5.97 Å². The van der Waals surface area contributed by atoms with Crippen molar-refractivity contribution in [2.75, 3.05) is 0 Å². The molecule has 1 aliphatic rings. The zero-order chi connectivity index (χ0) is 25.9. The number of carboxylic acid groups (broad SMARTS) is 1. The number of hydrogen-bond donors (Lipinski definition) is 1. The molecule has 0 bridgehead atoms. The van der Waals surface area contributed by atoms with Gasteiger partial charge in [-0.05, 0) is 85.5 Å². The average molecular weight is 574 g/mol. The summed E-state index contributed by atoms with van der Waals surface area (Å²) in [5, 5.41) is 10.8. The Hall–Kier alpha value is -3.88. The molecule has 37 heavy (non-hydrogen) atoms. The monoisotopic (exact) mass is 573 g/mol. The highest BCUT2D eigenvalue weighted by Crippen LogP contribution is 2.35. The third-order valence-electron chi connectivity index (χ3n) is 5.93. The lowest BCUT2D eigenvalue weighted by molar-refractivity contribution is -0.123. The molecule has 4 aromatic rings. The van der Waals surface area contributed by atoms with Crippen LogP contribution in [0.4, 0.5) is 4.79 Å². The fraction of sp³-hybridized carbons (Fsp3) is 0.0690. The van der Waals surface area contributed by atoms with E-state index in [1.165, 1.54) is 17.0 Å². The standard InChI is InChI=1S/C29H20BrNO5S/c30-24-14-19(10-13-25(24)36-17-18-8-11-21(12-9-18)28(33)34)15-26-27(32)31(29(35)37-26)16-22-6-3-5-20-4-1-2-7-23(20)22/h1-15H,16-17H2,(H,33,34)/b26-15+. The average Bonchev–Trinajstić information content (AvgIpc) is 3.16. The highest BCUT2D eigenvalue weighted by molar-refractivity contribution is 9.10. The Morgan fingerprint density at radius 3 is 2.49 bits per heavy atom. The van der Waals surface area contributed by atoms with Gasteiger partial charge in [0.05, 0.1) is 21.5 Å². The number of carboxylic acids is 1. The third-order valence-corrected chi connectivity index (χ3v) is 7.46. The molecule has 5 rings (SSSR count). The molecule has 1 saturated heterocycles. The molecule has 1 heterocycles. The molecular formula is C29H20BrNO5S. The van der Waals surface area contributed by atoms with Gasteiger partial charge in [0, 0.05) is 0 Å². The molecule has 8 heteroatoms. The zero-order valence-electron chi connectivity index (χ0n) is 19.4. The van der Waals surface area contributed by atoms with E-state index >= 15 is 0 Å². The SMILES string of the molecule is O=C(O)c1ccc(COc2ccc(/C=C3/SC(=O)N(Cc4cccc5ccccc45)C3=O)cc2Br)cc1. The number of rotatable bonds is 7. The highest BCUT2D eigenvalue weighted by atomic mass is 79.9. The maximum atomic E-state index is 13.1. The van der Waals surface area contributed by atoms with Crippen molar-refractivity contribution in [2.24, 2.45) is 0 Å². The van der Waals surface area contributed by atoms with Gasteiger partial charge in [0.25, 0.3) is 11.1 Å². The lowest BCUT2D eigenvalue weighted by Gasteiger charge is -2.14. The molecule has 0 atom stereocenters. The third kappa shape index (κ3) is 5.45. The Bertz CT molecular complexity index is 1560. The Morgan fingerprint density at radius 2 is 1.73 bits per heavy atom. The van der Waals surface area contributed by atoms with Crippen LogP contribution in [0.25, 0.3) is 16.8 Å². The minimum absolute atomic E-state index is 0.216. The van der Waals surface area contributed by atoms with Gasteiger partial charge in [0.2, 0.25) is 0 Å². The van der Waals surface area contributed by atoms with E-state index in [0.29, 0.717) is 15.1 Å². The maximum absolute atomic E-state index is 13.1. The number of imide groups is 1. The number of carbonyl (C=O) groups excluding carboxylic acids is 2. The van der Waals surface area contributed by atoms with Gasteiger partial charge in [0.15, 0.2) is 0 Å². The first-order valence-electron chi connectivity index (χ1n) is 11.4. The number of fused-ring (bicyclic) bond motifs is 1. The van der Waals surface area contributed by atoms with Crippen molar-refractivity contribution in [1.82, 2.24) is 4.90 Å². The van der Waals surface area contributed by atoms with Crippen LogP contribution in [-0.4, -0.2) is 27.1 Å². The van der Waals surface area contributed by atoms with Crippen molar-refractivity contribution >= 4 is 61.7 Å². The Morgan fingerprint density at radius 1 is 0.973 bits per heavy atom. The second kappa shape index (κ2) is 10.6. The second-order valence-electron chi connectivity index (χ2n) is 8.39. The van der Waals surface area contributed by atoms with Crippen LogP contribution in [0.2, 0.25) is 0 Å². The minimum Gasteiger partial charge on any atom is -0.488 e. The first-order chi connectivity index (χ1) is 17.9. The molecule has 0 aliphatic carbocycles. The van der Waals surface area contributed by atoms with Crippen molar-refractivity contribution < 1.29 is 24.2 Å². The summed E-state index contributed by atoms with van der Waals surface area (Å²) in [7, 11) is 0. The number of carbonyl (C=O) groups is 3. The van der Waals surface area contributed by atoms with Crippen molar-refractivity contribution in [2.45, 2.75) is 13.2 Å². The van der Waals surface area contributed by atoms with E-state index in [0.717, 1.165) is 39.2 Å². The topological polar surface area (TPSA) is 83.9 Å². The van der Waals surface area contributed by atoms with Gasteiger partial charge in [-0.2, -0.15) is 0 Å². The maximum Gasteiger partial charge on any atom is 0.335 e. The lowest BCUT2D eigenvalue weighted by Crippen LogP contribution is -2.27. The van der Waals surface area contributed by atoms with Crippen molar-refractivity contribution in [1.29, 1.82) is 0 Å². The quantitative estimate of drug-likeness (QED) is 0.237. The van der Waals surface area contributed by atoms with Gasteiger partial charge < -0.3 is 9.84 Å². The minimum atomic E-state index is -0.975. The fourth-order valence-corrected chi connectivity index (χ4v) is 5.37. The van der Waals surface area contributed by atoms with Crippen LogP contribution >= 0.6 is 27.7 Å². The summed E-state index contributed by atoms with van der Waals surface area (Å²) >= 11 is 4.44. The summed E-state index contributed by atoms with van der Waals surface area (Å²) in [5.41, 5.74) is 2.72. The van der Waals surface area contributed by atoms with Crippen molar-refractivity contribution in [3.05, 3.63) is 117 Å². The molecule has 6 nitrogen and oxygen atoms in total. The predicted molar refractivity (Wildman–Crippen MR) is 147 cm³/mol. The molecule has 2 amide bonds. The fourth-order valence-electron chi connectivity index (χ4n) is 4.02. The summed E-state index contributed by atoms with van der Waals surface area (Å²) in [5.74, 6) is -0.690. The molecule has 0 saturated carbocycles. The van der Waals surface area contributed by atoms with Crippen LogP contribution in [0.15, 0.2) is 94.3 Å².